The van der Waals surface area contributed by atoms with Gasteiger partial charge in [-0.3, -0.25) is 0 Å². The van der Waals surface area contributed by atoms with E-state index in [9.17, 15) is 0 Å². The lowest BCUT2D eigenvalue weighted by molar-refractivity contribution is 1.18. The summed E-state index contributed by atoms with van der Waals surface area (Å²) in [6.45, 7) is 4.27. The highest BCUT2D eigenvalue weighted by Gasteiger charge is 2.11. The molecule has 0 bridgehead atoms. The van der Waals surface area contributed by atoms with Gasteiger partial charge in [-0.2, -0.15) is 0 Å². The third kappa shape index (κ3) is 2.22. The molecule has 0 atom stereocenters. The van der Waals surface area contributed by atoms with Crippen LogP contribution in [-0.2, 0) is 0 Å². The van der Waals surface area contributed by atoms with Crippen LogP contribution in [0.25, 0.3) is 10.2 Å². The first-order chi connectivity index (χ1) is 9.15. The van der Waals surface area contributed by atoms with Crippen LogP contribution in [0.5, 0.6) is 0 Å². The summed E-state index contributed by atoms with van der Waals surface area (Å²) in [7, 11) is 2.06. The number of aryl methyl sites for hydroxylation is 2. The third-order valence-corrected chi connectivity index (χ3v) is 4.52. The first kappa shape index (κ1) is 12.2. The quantitative estimate of drug-likeness (QED) is 0.670. The van der Waals surface area contributed by atoms with Gasteiger partial charge in [0.15, 0.2) is 5.13 Å². The molecule has 3 heteroatoms. The van der Waals surface area contributed by atoms with Gasteiger partial charge >= 0.3 is 0 Å². The van der Waals surface area contributed by atoms with Gasteiger partial charge in [0, 0.05) is 12.7 Å². The van der Waals surface area contributed by atoms with Gasteiger partial charge in [-0.25, -0.2) is 4.98 Å². The van der Waals surface area contributed by atoms with E-state index in [2.05, 4.69) is 62.2 Å². The highest BCUT2D eigenvalue weighted by atomic mass is 32.1. The topological polar surface area (TPSA) is 16.1 Å². The largest absolute Gasteiger partial charge is 0.321 e. The molecule has 0 aliphatic heterocycles. The van der Waals surface area contributed by atoms with Crippen molar-refractivity contribution in [2.75, 3.05) is 11.9 Å². The summed E-state index contributed by atoms with van der Waals surface area (Å²) in [5.41, 5.74) is 4.83. The van der Waals surface area contributed by atoms with Crippen LogP contribution < -0.4 is 4.90 Å². The smallest absolute Gasteiger partial charge is 0.190 e. The minimum absolute atomic E-state index is 1.04. The number of benzene rings is 2. The number of fused-ring (bicyclic) bond motifs is 1. The Hall–Kier alpha value is -1.87. The Bertz CT molecular complexity index is 716. The van der Waals surface area contributed by atoms with Crippen molar-refractivity contribution in [3.05, 3.63) is 53.6 Å². The molecule has 1 heterocycles. The van der Waals surface area contributed by atoms with E-state index < -0.39 is 0 Å². The van der Waals surface area contributed by atoms with Gasteiger partial charge in [0.05, 0.1) is 10.2 Å². The molecule has 2 nitrogen and oxygen atoms in total. The Balaban J connectivity index is 2.09. The zero-order valence-corrected chi connectivity index (χ0v) is 12.2. The summed E-state index contributed by atoms with van der Waals surface area (Å²) in [4.78, 5) is 6.89. The predicted molar refractivity (Wildman–Crippen MR) is 83.6 cm³/mol. The van der Waals surface area contributed by atoms with Crippen molar-refractivity contribution in [3.8, 4) is 0 Å². The summed E-state index contributed by atoms with van der Waals surface area (Å²) in [5.74, 6) is 0. The van der Waals surface area contributed by atoms with E-state index in [0.29, 0.717) is 0 Å². The number of nitrogens with zero attached hydrogens (tertiary/aromatic N) is 2. The van der Waals surface area contributed by atoms with Crippen LogP contribution in [0, 0.1) is 13.8 Å². The van der Waals surface area contributed by atoms with Gasteiger partial charge in [-0.05, 0) is 43.2 Å². The SMILES string of the molecule is Cc1cc(C)c2sc(N(C)c3ccccc3)nc2c1. The average Bonchev–Trinajstić information content (AvgIpc) is 2.83. The first-order valence-electron chi connectivity index (χ1n) is 6.32. The molecule has 0 aliphatic carbocycles. The zero-order chi connectivity index (χ0) is 13.4. The fraction of sp³-hybridized carbons (Fsp3) is 0.188. The van der Waals surface area contributed by atoms with Crippen LogP contribution in [-0.4, -0.2) is 12.0 Å². The van der Waals surface area contributed by atoms with E-state index in [0.717, 1.165) is 16.3 Å². The van der Waals surface area contributed by atoms with Crippen molar-refractivity contribution in [2.24, 2.45) is 0 Å². The summed E-state index contributed by atoms with van der Waals surface area (Å²) < 4.78 is 1.28. The van der Waals surface area contributed by atoms with Crippen molar-refractivity contribution < 1.29 is 0 Å². The lowest BCUT2D eigenvalue weighted by Crippen LogP contribution is -2.08. The molecule has 2 aromatic carbocycles. The molecule has 3 aromatic rings. The maximum absolute atomic E-state index is 4.76. The van der Waals surface area contributed by atoms with Crippen LogP contribution in [0.15, 0.2) is 42.5 Å². The van der Waals surface area contributed by atoms with E-state index in [1.54, 1.807) is 11.3 Å². The van der Waals surface area contributed by atoms with Crippen LogP contribution in [0.4, 0.5) is 10.8 Å². The molecule has 1 aromatic heterocycles. The fourth-order valence-corrected chi connectivity index (χ4v) is 3.27. The average molecular weight is 268 g/mol. The lowest BCUT2D eigenvalue weighted by Gasteiger charge is -2.15. The minimum Gasteiger partial charge on any atom is -0.321 e. The summed E-state index contributed by atoms with van der Waals surface area (Å²) in [6, 6.07) is 14.7. The van der Waals surface area contributed by atoms with Gasteiger partial charge in [0.25, 0.3) is 0 Å². The van der Waals surface area contributed by atoms with Crippen molar-refractivity contribution in [1.29, 1.82) is 0 Å². The summed E-state index contributed by atoms with van der Waals surface area (Å²) in [6.07, 6.45) is 0. The number of anilines is 2. The van der Waals surface area contributed by atoms with Gasteiger partial charge in [-0.1, -0.05) is 35.6 Å². The minimum atomic E-state index is 1.04. The molecule has 0 radical (unpaired) electrons. The van der Waals surface area contributed by atoms with E-state index >= 15 is 0 Å². The highest BCUT2D eigenvalue weighted by Crippen LogP contribution is 2.34. The van der Waals surface area contributed by atoms with Crippen molar-refractivity contribution in [2.45, 2.75) is 13.8 Å². The van der Waals surface area contributed by atoms with Crippen LogP contribution in [0.1, 0.15) is 11.1 Å². The van der Waals surface area contributed by atoms with E-state index in [1.807, 2.05) is 6.07 Å². The van der Waals surface area contributed by atoms with E-state index in [4.69, 9.17) is 4.98 Å². The number of rotatable bonds is 2. The second-order valence-electron chi connectivity index (χ2n) is 4.82. The van der Waals surface area contributed by atoms with Crippen molar-refractivity contribution in [1.82, 2.24) is 4.98 Å². The number of para-hydroxylation sites is 1. The number of aromatic nitrogens is 1. The molecule has 0 N–H and O–H groups in total. The molecule has 0 fully saturated rings. The molecule has 96 valence electrons. The Morgan fingerprint density at radius 1 is 1.05 bits per heavy atom. The second-order valence-corrected chi connectivity index (χ2v) is 5.80. The molecule has 0 saturated carbocycles. The normalized spacial score (nSPS) is 10.9. The predicted octanol–water partition coefficient (Wildman–Crippen LogP) is 4.68. The number of hydrogen-bond acceptors (Lipinski definition) is 3. The van der Waals surface area contributed by atoms with Gasteiger partial charge in [-0.15, -0.1) is 0 Å². The monoisotopic (exact) mass is 268 g/mol. The summed E-state index contributed by atoms with van der Waals surface area (Å²) in [5, 5.41) is 1.04. The van der Waals surface area contributed by atoms with Gasteiger partial charge < -0.3 is 4.90 Å². The highest BCUT2D eigenvalue weighted by molar-refractivity contribution is 7.22. The van der Waals surface area contributed by atoms with Crippen molar-refractivity contribution >= 4 is 32.4 Å². The lowest BCUT2D eigenvalue weighted by atomic mass is 10.1. The molecule has 0 spiro atoms. The maximum Gasteiger partial charge on any atom is 0.190 e. The summed E-state index contributed by atoms with van der Waals surface area (Å²) >= 11 is 1.75. The maximum atomic E-state index is 4.76. The third-order valence-electron chi connectivity index (χ3n) is 3.24. The molecule has 3 rings (SSSR count). The first-order valence-corrected chi connectivity index (χ1v) is 7.13. The molecule has 0 amide bonds. The van der Waals surface area contributed by atoms with E-state index in [-0.39, 0.29) is 0 Å². The second kappa shape index (κ2) is 4.67. The zero-order valence-electron chi connectivity index (χ0n) is 11.3. The Morgan fingerprint density at radius 3 is 2.53 bits per heavy atom. The Morgan fingerprint density at radius 2 is 1.79 bits per heavy atom. The molecular weight excluding hydrogens is 252 g/mol. The number of hydrogen-bond donors (Lipinski definition) is 0. The Labute approximate surface area is 117 Å². The fourth-order valence-electron chi connectivity index (χ4n) is 2.27. The standard InChI is InChI=1S/C16H16N2S/c1-11-9-12(2)15-14(10-11)17-16(19-15)18(3)13-7-5-4-6-8-13/h4-10H,1-3H3. The van der Waals surface area contributed by atoms with Crippen LogP contribution in [0.3, 0.4) is 0 Å². The van der Waals surface area contributed by atoms with Crippen LogP contribution >= 0.6 is 11.3 Å². The molecule has 0 aliphatic rings. The van der Waals surface area contributed by atoms with Crippen molar-refractivity contribution in [3.63, 3.8) is 0 Å². The Kier molecular flexibility index (Phi) is 2.99. The van der Waals surface area contributed by atoms with Gasteiger partial charge in [0.2, 0.25) is 0 Å². The molecule has 0 unspecified atom stereocenters. The van der Waals surface area contributed by atoms with E-state index in [1.165, 1.54) is 15.8 Å². The van der Waals surface area contributed by atoms with Crippen LogP contribution in [0.2, 0.25) is 0 Å². The number of thiazole rings is 1. The molecular formula is C16H16N2S. The van der Waals surface area contributed by atoms with Gasteiger partial charge in [0.1, 0.15) is 0 Å². The molecule has 19 heavy (non-hydrogen) atoms. The molecule has 0 saturated heterocycles.